The monoisotopic (exact) mass is 534 g/mol. The third-order valence-corrected chi connectivity index (χ3v) is 6.87. The van der Waals surface area contributed by atoms with Gasteiger partial charge in [0.15, 0.2) is 11.6 Å². The minimum Gasteiger partial charge on any atom is -0.507 e. The molecule has 6 nitrogen and oxygen atoms in total. The minimum absolute atomic E-state index is 0.00682. The van der Waals surface area contributed by atoms with Crippen LogP contribution < -0.4 is 14.5 Å². The number of carbonyl (C=O) groups is 2. The Hall–Kier alpha value is -4.20. The van der Waals surface area contributed by atoms with Gasteiger partial charge >= 0.3 is 0 Å². The van der Waals surface area contributed by atoms with Crippen molar-refractivity contribution < 1.29 is 28.2 Å². The summed E-state index contributed by atoms with van der Waals surface area (Å²) in [6, 6.07) is 14.3. The van der Waals surface area contributed by atoms with Gasteiger partial charge in [0.2, 0.25) is 0 Å². The highest BCUT2D eigenvalue weighted by Gasteiger charge is 2.47. The van der Waals surface area contributed by atoms with Crippen molar-refractivity contribution in [3.8, 4) is 5.75 Å². The fourth-order valence-electron chi connectivity index (χ4n) is 4.83. The third-order valence-electron chi connectivity index (χ3n) is 6.87. The molecule has 1 amide bonds. The summed E-state index contributed by atoms with van der Waals surface area (Å²) in [6.45, 7) is 10.0. The lowest BCUT2D eigenvalue weighted by molar-refractivity contribution is -0.132. The molecule has 204 valence electrons. The van der Waals surface area contributed by atoms with Gasteiger partial charge < -0.3 is 14.7 Å². The van der Waals surface area contributed by atoms with Crippen molar-refractivity contribution in [2.24, 2.45) is 0 Å². The summed E-state index contributed by atoms with van der Waals surface area (Å²) in [6.07, 6.45) is 0.835. The van der Waals surface area contributed by atoms with Crippen LogP contribution in [0.4, 0.5) is 20.2 Å². The van der Waals surface area contributed by atoms with Crippen molar-refractivity contribution in [2.45, 2.75) is 40.2 Å². The maximum Gasteiger partial charge on any atom is 0.300 e. The SMILES string of the molecule is CCCOc1ccc(/C(O)=C2\C(=O)C(=O)N(c3ccc(F)c(F)c3)C2c2ccc(N(CC)CC)cc2)cc1C. The van der Waals surface area contributed by atoms with Crippen LogP contribution in [-0.2, 0) is 9.59 Å². The largest absolute Gasteiger partial charge is 0.507 e. The van der Waals surface area contributed by atoms with Gasteiger partial charge in [0, 0.05) is 36.1 Å². The first-order valence-electron chi connectivity index (χ1n) is 13.1. The molecule has 8 heteroatoms. The van der Waals surface area contributed by atoms with E-state index in [-0.39, 0.29) is 17.0 Å². The van der Waals surface area contributed by atoms with Crippen LogP contribution in [0.25, 0.3) is 5.76 Å². The normalized spacial score (nSPS) is 16.6. The second-order valence-electron chi connectivity index (χ2n) is 9.36. The highest BCUT2D eigenvalue weighted by molar-refractivity contribution is 6.51. The van der Waals surface area contributed by atoms with Crippen LogP contribution in [0, 0.1) is 18.6 Å². The van der Waals surface area contributed by atoms with E-state index in [9.17, 15) is 23.5 Å². The molecule has 0 radical (unpaired) electrons. The topological polar surface area (TPSA) is 70.1 Å². The Morgan fingerprint density at radius 1 is 0.949 bits per heavy atom. The maximum absolute atomic E-state index is 14.2. The van der Waals surface area contributed by atoms with Crippen LogP contribution in [0.1, 0.15) is 49.9 Å². The van der Waals surface area contributed by atoms with E-state index in [0.29, 0.717) is 23.5 Å². The summed E-state index contributed by atoms with van der Waals surface area (Å²) in [4.78, 5) is 30.0. The summed E-state index contributed by atoms with van der Waals surface area (Å²) in [5.41, 5.74) is 2.45. The van der Waals surface area contributed by atoms with Crippen molar-refractivity contribution in [1.82, 2.24) is 0 Å². The lowest BCUT2D eigenvalue weighted by atomic mass is 9.94. The molecule has 0 aliphatic carbocycles. The number of aliphatic hydroxyl groups excluding tert-OH is 1. The van der Waals surface area contributed by atoms with Crippen LogP contribution in [0.2, 0.25) is 0 Å². The number of ketones is 1. The van der Waals surface area contributed by atoms with Crippen LogP contribution in [0.3, 0.4) is 0 Å². The predicted molar refractivity (Wildman–Crippen MR) is 148 cm³/mol. The van der Waals surface area contributed by atoms with Crippen LogP contribution >= 0.6 is 0 Å². The minimum atomic E-state index is -1.15. The van der Waals surface area contributed by atoms with Gasteiger partial charge in [0.25, 0.3) is 11.7 Å². The lowest BCUT2D eigenvalue weighted by Gasteiger charge is -2.27. The van der Waals surface area contributed by atoms with Gasteiger partial charge in [-0.2, -0.15) is 0 Å². The number of amides is 1. The number of ether oxygens (including phenoxy) is 1. The fourth-order valence-corrected chi connectivity index (χ4v) is 4.83. The predicted octanol–water partition coefficient (Wildman–Crippen LogP) is 6.53. The highest BCUT2D eigenvalue weighted by Crippen LogP contribution is 2.43. The molecular formula is C31H32F2N2O4. The number of aryl methyl sites for hydroxylation is 1. The third kappa shape index (κ3) is 5.37. The summed E-state index contributed by atoms with van der Waals surface area (Å²) in [5.74, 6) is -3.79. The first kappa shape index (κ1) is 27.8. The van der Waals surface area contributed by atoms with E-state index >= 15 is 0 Å². The zero-order valence-corrected chi connectivity index (χ0v) is 22.5. The second-order valence-corrected chi connectivity index (χ2v) is 9.36. The number of rotatable bonds is 9. The molecule has 1 saturated heterocycles. The number of benzene rings is 3. The first-order valence-corrected chi connectivity index (χ1v) is 13.1. The molecule has 3 aromatic rings. The molecule has 1 heterocycles. The van der Waals surface area contributed by atoms with Crippen molar-refractivity contribution in [2.75, 3.05) is 29.5 Å². The summed E-state index contributed by atoms with van der Waals surface area (Å²) in [7, 11) is 0. The van der Waals surface area contributed by atoms with Crippen LogP contribution in [0.5, 0.6) is 5.75 Å². The summed E-state index contributed by atoms with van der Waals surface area (Å²) >= 11 is 0. The number of aliphatic hydroxyl groups is 1. The molecule has 1 fully saturated rings. The molecule has 1 aliphatic rings. The Balaban J connectivity index is 1.87. The molecule has 39 heavy (non-hydrogen) atoms. The second kappa shape index (κ2) is 11.7. The molecule has 0 bridgehead atoms. The molecular weight excluding hydrogens is 502 g/mol. The molecule has 0 spiro atoms. The van der Waals surface area contributed by atoms with Crippen LogP contribution in [0.15, 0.2) is 66.2 Å². The van der Waals surface area contributed by atoms with Gasteiger partial charge in [-0.3, -0.25) is 14.5 Å². The zero-order valence-electron chi connectivity index (χ0n) is 22.5. The van der Waals surface area contributed by atoms with Gasteiger partial charge in [-0.05, 0) is 80.8 Å². The number of halogens is 2. The highest BCUT2D eigenvalue weighted by atomic mass is 19.2. The number of anilines is 2. The number of carbonyl (C=O) groups excluding carboxylic acids is 2. The van der Waals surface area contributed by atoms with Gasteiger partial charge in [0.1, 0.15) is 11.5 Å². The Morgan fingerprint density at radius 3 is 2.23 bits per heavy atom. The van der Waals surface area contributed by atoms with E-state index in [1.807, 2.05) is 39.8 Å². The average molecular weight is 535 g/mol. The molecule has 3 aromatic carbocycles. The van der Waals surface area contributed by atoms with E-state index in [4.69, 9.17) is 4.74 Å². The van der Waals surface area contributed by atoms with Gasteiger partial charge in [0.05, 0.1) is 18.2 Å². The fraction of sp³-hybridized carbons (Fsp3) is 0.290. The van der Waals surface area contributed by atoms with Crippen molar-refractivity contribution in [3.05, 3.63) is 94.6 Å². The van der Waals surface area contributed by atoms with Gasteiger partial charge in [-0.25, -0.2) is 8.78 Å². The van der Waals surface area contributed by atoms with Crippen molar-refractivity contribution in [1.29, 1.82) is 0 Å². The van der Waals surface area contributed by atoms with Crippen molar-refractivity contribution in [3.63, 3.8) is 0 Å². The summed E-state index contributed by atoms with van der Waals surface area (Å²) in [5, 5.41) is 11.4. The molecule has 4 rings (SSSR count). The standard InChI is InChI=1S/C31H32F2N2O4/c1-5-16-39-26-15-10-21(17-19(26)4)29(36)27-28(20-8-11-22(12-9-20)34(6-2)7-3)35(31(38)30(27)37)23-13-14-24(32)25(33)18-23/h8-15,17-18,28,36H,5-7,16H2,1-4H3/b29-27+. The lowest BCUT2D eigenvalue weighted by Crippen LogP contribution is -2.29. The Morgan fingerprint density at radius 2 is 1.64 bits per heavy atom. The van der Waals surface area contributed by atoms with Gasteiger partial charge in [-0.15, -0.1) is 0 Å². The van der Waals surface area contributed by atoms with Crippen molar-refractivity contribution >= 4 is 28.8 Å². The zero-order chi connectivity index (χ0) is 28.3. The molecule has 0 aromatic heterocycles. The van der Waals surface area contributed by atoms with E-state index < -0.39 is 29.4 Å². The average Bonchev–Trinajstić information content (AvgIpc) is 3.20. The number of nitrogens with zero attached hydrogens (tertiary/aromatic N) is 2. The van der Waals surface area contributed by atoms with E-state index in [1.165, 1.54) is 6.07 Å². The Kier molecular flexibility index (Phi) is 8.33. The molecule has 1 atom stereocenters. The quantitative estimate of drug-likeness (QED) is 0.192. The van der Waals surface area contributed by atoms with E-state index in [1.54, 1.807) is 30.3 Å². The molecule has 1 unspecified atom stereocenters. The smallest absolute Gasteiger partial charge is 0.300 e. The molecule has 1 N–H and O–H groups in total. The maximum atomic E-state index is 14.2. The Labute approximate surface area is 227 Å². The molecule has 0 saturated carbocycles. The van der Waals surface area contributed by atoms with E-state index in [0.717, 1.165) is 47.8 Å². The van der Waals surface area contributed by atoms with Gasteiger partial charge in [-0.1, -0.05) is 19.1 Å². The Bertz CT molecular complexity index is 1410. The number of Topliss-reactive ketones (excluding diaryl/α,β-unsaturated/α-hetero) is 1. The number of hydrogen-bond acceptors (Lipinski definition) is 5. The van der Waals surface area contributed by atoms with E-state index in [2.05, 4.69) is 4.90 Å². The first-order chi connectivity index (χ1) is 18.7. The summed E-state index contributed by atoms with van der Waals surface area (Å²) < 4.78 is 33.7. The molecule has 1 aliphatic heterocycles. The number of hydrogen-bond donors (Lipinski definition) is 1. The van der Waals surface area contributed by atoms with Crippen LogP contribution in [-0.4, -0.2) is 36.5 Å².